The molecular weight excluding hydrogens is 484 g/mol. The first-order chi connectivity index (χ1) is 17.4. The van der Waals surface area contributed by atoms with Gasteiger partial charge in [0.05, 0.1) is 24.3 Å². The molecule has 1 aromatic carbocycles. The first-order valence-corrected chi connectivity index (χ1v) is 12.4. The molecule has 188 valence electrons. The number of anilines is 2. The van der Waals surface area contributed by atoms with Crippen LogP contribution < -0.4 is 20.3 Å². The van der Waals surface area contributed by atoms with Crippen molar-refractivity contribution >= 4 is 34.4 Å². The third kappa shape index (κ3) is 5.86. The van der Waals surface area contributed by atoms with Crippen LogP contribution in [0.1, 0.15) is 23.2 Å². The van der Waals surface area contributed by atoms with Crippen LogP contribution in [0.2, 0.25) is 0 Å². The van der Waals surface area contributed by atoms with Gasteiger partial charge in [0.2, 0.25) is 5.95 Å². The van der Waals surface area contributed by atoms with Crippen molar-refractivity contribution in [2.75, 3.05) is 50.6 Å². The van der Waals surface area contributed by atoms with Crippen molar-refractivity contribution in [3.63, 3.8) is 0 Å². The number of urea groups is 1. The number of amides is 3. The number of aromatic nitrogens is 4. The van der Waals surface area contributed by atoms with Crippen LogP contribution in [0, 0.1) is 0 Å². The third-order valence-corrected chi connectivity index (χ3v) is 6.38. The van der Waals surface area contributed by atoms with Gasteiger partial charge in [0.1, 0.15) is 5.75 Å². The molecule has 1 aliphatic carbocycles. The van der Waals surface area contributed by atoms with E-state index in [2.05, 4.69) is 30.6 Å². The average Bonchev–Trinajstić information content (AvgIpc) is 3.58. The van der Waals surface area contributed by atoms with Crippen molar-refractivity contribution in [1.29, 1.82) is 0 Å². The molecule has 0 unspecified atom stereocenters. The fourth-order valence-electron chi connectivity index (χ4n) is 3.42. The Labute approximate surface area is 211 Å². The minimum atomic E-state index is -0.275. The molecular formula is C23H26N8O4S. The minimum absolute atomic E-state index is 0.0981. The van der Waals surface area contributed by atoms with Crippen molar-refractivity contribution in [3.05, 3.63) is 36.0 Å². The molecule has 2 aromatic heterocycles. The molecule has 0 radical (unpaired) electrons. The summed E-state index contributed by atoms with van der Waals surface area (Å²) in [4.78, 5) is 46.3. The molecule has 12 nitrogen and oxygen atoms in total. The molecule has 2 N–H and O–H groups in total. The fourth-order valence-corrected chi connectivity index (χ4v) is 4.16. The summed E-state index contributed by atoms with van der Waals surface area (Å²) in [5, 5.41) is 6.07. The van der Waals surface area contributed by atoms with Gasteiger partial charge in [-0.3, -0.25) is 10.1 Å². The van der Waals surface area contributed by atoms with Crippen molar-refractivity contribution in [2.24, 2.45) is 0 Å². The predicted octanol–water partition coefficient (Wildman–Crippen LogP) is 2.61. The Kier molecular flexibility index (Phi) is 6.91. The van der Waals surface area contributed by atoms with Crippen LogP contribution in [0.4, 0.5) is 15.9 Å². The fraction of sp³-hybridized carbons (Fsp3) is 0.391. The van der Waals surface area contributed by atoms with Gasteiger partial charge < -0.3 is 24.6 Å². The number of nitrogens with zero attached hydrogens (tertiary/aromatic N) is 6. The van der Waals surface area contributed by atoms with Gasteiger partial charge in [-0.1, -0.05) is 11.3 Å². The Morgan fingerprint density at radius 3 is 2.56 bits per heavy atom. The largest absolute Gasteiger partial charge is 0.424 e. The highest BCUT2D eigenvalue weighted by Gasteiger charge is 2.24. The number of carbonyl (C=O) groups excluding carboxylic acids is 2. The van der Waals surface area contributed by atoms with Crippen LogP contribution in [0.15, 0.2) is 30.5 Å². The molecule has 0 spiro atoms. The van der Waals surface area contributed by atoms with Crippen molar-refractivity contribution in [1.82, 2.24) is 30.2 Å². The van der Waals surface area contributed by atoms with Crippen LogP contribution in [-0.4, -0.2) is 83.2 Å². The van der Waals surface area contributed by atoms with E-state index in [9.17, 15) is 9.59 Å². The standard InChI is InChI=1S/C23H26N8O4S/c1-30(2)19(32)14-3-7-16(8-4-14)35-22-27-18(26-20(28-22)31-9-11-34-12-10-31)17-13-24-23(36-17)29-21(33)25-15-5-6-15/h3-4,7-8,13,15H,5-6,9-12H2,1-2H3,(H2,24,25,29,33). The Bertz CT molecular complexity index is 1240. The van der Waals surface area contributed by atoms with E-state index in [1.165, 1.54) is 16.2 Å². The summed E-state index contributed by atoms with van der Waals surface area (Å²) in [7, 11) is 3.40. The summed E-state index contributed by atoms with van der Waals surface area (Å²) in [5.41, 5.74) is 0.549. The van der Waals surface area contributed by atoms with E-state index < -0.39 is 0 Å². The number of hydrogen-bond donors (Lipinski definition) is 2. The van der Waals surface area contributed by atoms with Crippen LogP contribution in [0.3, 0.4) is 0 Å². The molecule has 0 atom stereocenters. The van der Waals surface area contributed by atoms with Gasteiger partial charge in [0.25, 0.3) is 5.91 Å². The highest BCUT2D eigenvalue weighted by molar-refractivity contribution is 7.19. The summed E-state index contributed by atoms with van der Waals surface area (Å²) >= 11 is 1.26. The number of hydrogen-bond acceptors (Lipinski definition) is 10. The Hall–Kier alpha value is -3.84. The number of ether oxygens (including phenoxy) is 2. The quantitative estimate of drug-likeness (QED) is 0.492. The molecule has 3 amide bonds. The molecule has 13 heteroatoms. The predicted molar refractivity (Wildman–Crippen MR) is 134 cm³/mol. The van der Waals surface area contributed by atoms with E-state index in [1.54, 1.807) is 44.6 Å². The zero-order chi connectivity index (χ0) is 25.1. The molecule has 1 saturated heterocycles. The number of morpholine rings is 1. The SMILES string of the molecule is CN(C)C(=O)c1ccc(Oc2nc(-c3cnc(NC(=O)NC4CC4)s3)nc(N3CCOCC3)n2)cc1. The van der Waals surface area contributed by atoms with Gasteiger partial charge in [-0.2, -0.15) is 15.0 Å². The molecule has 0 bridgehead atoms. The topological polar surface area (TPSA) is 135 Å². The summed E-state index contributed by atoms with van der Waals surface area (Å²) in [6.07, 6.45) is 3.62. The lowest BCUT2D eigenvalue weighted by molar-refractivity contribution is 0.0827. The summed E-state index contributed by atoms with van der Waals surface area (Å²) in [6.45, 7) is 2.43. The van der Waals surface area contributed by atoms with Crippen molar-refractivity contribution in [3.8, 4) is 22.5 Å². The molecule has 36 heavy (non-hydrogen) atoms. The van der Waals surface area contributed by atoms with Gasteiger partial charge in [-0.25, -0.2) is 9.78 Å². The third-order valence-electron chi connectivity index (χ3n) is 5.47. The maximum absolute atomic E-state index is 12.2. The second-order valence-electron chi connectivity index (χ2n) is 8.57. The van der Waals surface area contributed by atoms with E-state index in [-0.39, 0.29) is 24.0 Å². The van der Waals surface area contributed by atoms with Gasteiger partial charge in [-0.15, -0.1) is 0 Å². The van der Waals surface area contributed by atoms with Crippen LogP contribution in [0.25, 0.3) is 10.7 Å². The maximum Gasteiger partial charge on any atom is 0.327 e. The maximum atomic E-state index is 12.2. The number of thiazole rings is 1. The lowest BCUT2D eigenvalue weighted by atomic mass is 10.2. The lowest BCUT2D eigenvalue weighted by Gasteiger charge is -2.26. The van der Waals surface area contributed by atoms with E-state index in [4.69, 9.17) is 9.47 Å². The van der Waals surface area contributed by atoms with E-state index in [1.807, 2.05) is 4.90 Å². The van der Waals surface area contributed by atoms with E-state index in [0.29, 0.717) is 59.4 Å². The highest BCUT2D eigenvalue weighted by Crippen LogP contribution is 2.30. The Morgan fingerprint density at radius 1 is 1.11 bits per heavy atom. The second kappa shape index (κ2) is 10.4. The average molecular weight is 511 g/mol. The molecule has 1 saturated carbocycles. The molecule has 2 aliphatic rings. The molecule has 3 heterocycles. The van der Waals surface area contributed by atoms with Crippen molar-refractivity contribution < 1.29 is 19.1 Å². The summed E-state index contributed by atoms with van der Waals surface area (Å²) in [6, 6.07) is 6.86. The van der Waals surface area contributed by atoms with Gasteiger partial charge in [0.15, 0.2) is 11.0 Å². The van der Waals surface area contributed by atoms with E-state index >= 15 is 0 Å². The van der Waals surface area contributed by atoms with Crippen LogP contribution >= 0.6 is 11.3 Å². The normalized spacial score (nSPS) is 15.3. The number of rotatable bonds is 7. The second-order valence-corrected chi connectivity index (χ2v) is 9.60. The number of benzene rings is 1. The van der Waals surface area contributed by atoms with Gasteiger partial charge in [-0.05, 0) is 37.1 Å². The molecule has 3 aromatic rings. The molecule has 1 aliphatic heterocycles. The number of nitrogens with one attached hydrogen (secondary N) is 2. The van der Waals surface area contributed by atoms with Gasteiger partial charge in [0, 0.05) is 38.8 Å². The first kappa shape index (κ1) is 23.9. The zero-order valence-corrected chi connectivity index (χ0v) is 20.7. The Balaban J connectivity index is 1.38. The van der Waals surface area contributed by atoms with Crippen LogP contribution in [-0.2, 0) is 4.74 Å². The van der Waals surface area contributed by atoms with Crippen LogP contribution in [0.5, 0.6) is 11.8 Å². The lowest BCUT2D eigenvalue weighted by Crippen LogP contribution is -2.37. The highest BCUT2D eigenvalue weighted by atomic mass is 32.1. The smallest absolute Gasteiger partial charge is 0.327 e. The molecule has 2 fully saturated rings. The number of carbonyl (C=O) groups is 2. The van der Waals surface area contributed by atoms with Gasteiger partial charge >= 0.3 is 12.0 Å². The summed E-state index contributed by atoms with van der Waals surface area (Å²) < 4.78 is 11.4. The van der Waals surface area contributed by atoms with Crippen molar-refractivity contribution in [2.45, 2.75) is 18.9 Å². The first-order valence-electron chi connectivity index (χ1n) is 11.6. The minimum Gasteiger partial charge on any atom is -0.424 e. The molecule has 5 rings (SSSR count). The zero-order valence-electron chi connectivity index (χ0n) is 19.9. The van der Waals surface area contributed by atoms with E-state index in [0.717, 1.165) is 12.8 Å². The Morgan fingerprint density at radius 2 is 1.86 bits per heavy atom. The summed E-state index contributed by atoms with van der Waals surface area (Å²) in [5.74, 6) is 1.24. The monoisotopic (exact) mass is 510 g/mol.